The fourth-order valence-electron chi connectivity index (χ4n) is 2.15. The molecule has 0 amide bonds. The molecule has 0 aromatic rings. The summed E-state index contributed by atoms with van der Waals surface area (Å²) in [6, 6.07) is 0. The summed E-state index contributed by atoms with van der Waals surface area (Å²) in [4.78, 5) is 0. The monoisotopic (exact) mass is 243 g/mol. The van der Waals surface area contributed by atoms with Crippen LogP contribution in [0.5, 0.6) is 0 Å². The molecule has 0 aliphatic rings. The number of hydrogen-bond donors (Lipinski definition) is 2. The Morgan fingerprint density at radius 3 is 2.18 bits per heavy atom. The SMILES string of the molecule is CCCCCCCCCNCC(CC)CCO. The number of hydrogen-bond acceptors (Lipinski definition) is 2. The van der Waals surface area contributed by atoms with Gasteiger partial charge in [-0.1, -0.05) is 58.8 Å². The molecule has 0 spiro atoms. The van der Waals surface area contributed by atoms with Crippen LogP contribution in [0.4, 0.5) is 0 Å². The van der Waals surface area contributed by atoms with Gasteiger partial charge in [0, 0.05) is 6.61 Å². The van der Waals surface area contributed by atoms with Crippen LogP contribution in [0.1, 0.15) is 71.6 Å². The van der Waals surface area contributed by atoms with Crippen molar-refractivity contribution in [2.75, 3.05) is 19.7 Å². The Balaban J connectivity index is 3.11. The smallest absolute Gasteiger partial charge is 0.0434 e. The molecule has 17 heavy (non-hydrogen) atoms. The van der Waals surface area contributed by atoms with E-state index in [1.165, 1.54) is 51.4 Å². The van der Waals surface area contributed by atoms with E-state index in [2.05, 4.69) is 19.2 Å². The molecule has 0 heterocycles. The van der Waals surface area contributed by atoms with E-state index >= 15 is 0 Å². The van der Waals surface area contributed by atoms with Gasteiger partial charge in [-0.2, -0.15) is 0 Å². The van der Waals surface area contributed by atoms with E-state index < -0.39 is 0 Å². The van der Waals surface area contributed by atoms with Crippen molar-refractivity contribution in [2.24, 2.45) is 5.92 Å². The molecule has 0 rings (SSSR count). The zero-order valence-corrected chi connectivity index (χ0v) is 12.0. The molecule has 0 radical (unpaired) electrons. The third-order valence-electron chi connectivity index (χ3n) is 3.50. The highest BCUT2D eigenvalue weighted by atomic mass is 16.3. The van der Waals surface area contributed by atoms with Gasteiger partial charge in [-0.25, -0.2) is 0 Å². The van der Waals surface area contributed by atoms with Crippen molar-refractivity contribution < 1.29 is 5.11 Å². The Labute approximate surface area is 108 Å². The van der Waals surface area contributed by atoms with Crippen LogP contribution in [-0.2, 0) is 0 Å². The second-order valence-corrected chi connectivity index (χ2v) is 5.11. The predicted molar refractivity (Wildman–Crippen MR) is 76.3 cm³/mol. The minimum absolute atomic E-state index is 0.331. The Morgan fingerprint density at radius 2 is 1.59 bits per heavy atom. The van der Waals surface area contributed by atoms with Gasteiger partial charge in [-0.3, -0.25) is 0 Å². The summed E-state index contributed by atoms with van der Waals surface area (Å²) in [6.07, 6.45) is 11.8. The van der Waals surface area contributed by atoms with Crippen molar-refractivity contribution in [1.82, 2.24) is 5.32 Å². The second-order valence-electron chi connectivity index (χ2n) is 5.11. The van der Waals surface area contributed by atoms with E-state index in [4.69, 9.17) is 5.11 Å². The molecule has 0 bridgehead atoms. The predicted octanol–water partition coefficient (Wildman–Crippen LogP) is 3.74. The van der Waals surface area contributed by atoms with Crippen molar-refractivity contribution >= 4 is 0 Å². The first-order valence-electron chi connectivity index (χ1n) is 7.66. The highest BCUT2D eigenvalue weighted by Gasteiger charge is 2.03. The van der Waals surface area contributed by atoms with E-state index in [1.807, 2.05) is 0 Å². The van der Waals surface area contributed by atoms with Crippen molar-refractivity contribution in [3.8, 4) is 0 Å². The summed E-state index contributed by atoms with van der Waals surface area (Å²) in [5, 5.41) is 12.4. The molecule has 1 unspecified atom stereocenters. The van der Waals surface area contributed by atoms with E-state index in [0.29, 0.717) is 12.5 Å². The van der Waals surface area contributed by atoms with Gasteiger partial charge in [-0.15, -0.1) is 0 Å². The zero-order chi connectivity index (χ0) is 12.8. The van der Waals surface area contributed by atoms with Crippen LogP contribution >= 0.6 is 0 Å². The minimum Gasteiger partial charge on any atom is -0.396 e. The van der Waals surface area contributed by atoms with Crippen LogP contribution in [0.15, 0.2) is 0 Å². The molecule has 0 aliphatic carbocycles. The summed E-state index contributed by atoms with van der Waals surface area (Å²) in [5.74, 6) is 0.657. The molecular weight excluding hydrogens is 210 g/mol. The van der Waals surface area contributed by atoms with Crippen LogP contribution in [0, 0.1) is 5.92 Å². The first kappa shape index (κ1) is 16.9. The third kappa shape index (κ3) is 12.2. The maximum atomic E-state index is 8.88. The molecule has 2 heteroatoms. The number of aliphatic hydroxyl groups is 1. The molecule has 2 N–H and O–H groups in total. The van der Waals surface area contributed by atoms with Crippen molar-refractivity contribution in [3.63, 3.8) is 0 Å². The van der Waals surface area contributed by atoms with Crippen LogP contribution in [0.2, 0.25) is 0 Å². The summed E-state index contributed by atoms with van der Waals surface area (Å²) in [7, 11) is 0. The lowest BCUT2D eigenvalue weighted by atomic mass is 10.0. The van der Waals surface area contributed by atoms with E-state index in [9.17, 15) is 0 Å². The van der Waals surface area contributed by atoms with Crippen molar-refractivity contribution in [1.29, 1.82) is 0 Å². The Morgan fingerprint density at radius 1 is 0.941 bits per heavy atom. The lowest BCUT2D eigenvalue weighted by Crippen LogP contribution is -2.24. The highest BCUT2D eigenvalue weighted by Crippen LogP contribution is 2.07. The number of aliphatic hydroxyl groups excluding tert-OH is 1. The summed E-state index contributed by atoms with van der Waals surface area (Å²) >= 11 is 0. The lowest BCUT2D eigenvalue weighted by molar-refractivity contribution is 0.251. The van der Waals surface area contributed by atoms with Gasteiger partial charge in [0.2, 0.25) is 0 Å². The average Bonchev–Trinajstić information content (AvgIpc) is 2.35. The fraction of sp³-hybridized carbons (Fsp3) is 1.00. The lowest BCUT2D eigenvalue weighted by Gasteiger charge is -2.14. The van der Waals surface area contributed by atoms with Gasteiger partial charge in [0.05, 0.1) is 0 Å². The van der Waals surface area contributed by atoms with Gasteiger partial charge < -0.3 is 10.4 Å². The topological polar surface area (TPSA) is 32.3 Å². The molecule has 1 atom stereocenters. The summed E-state index contributed by atoms with van der Waals surface area (Å²) in [6.45, 7) is 7.02. The van der Waals surface area contributed by atoms with Gasteiger partial charge in [0.15, 0.2) is 0 Å². The Kier molecular flexibility index (Phi) is 13.9. The van der Waals surface area contributed by atoms with E-state index in [-0.39, 0.29) is 0 Å². The number of unbranched alkanes of at least 4 members (excludes halogenated alkanes) is 6. The van der Waals surface area contributed by atoms with E-state index in [1.54, 1.807) is 0 Å². The maximum absolute atomic E-state index is 8.88. The summed E-state index contributed by atoms with van der Waals surface area (Å²) in [5.41, 5.74) is 0. The van der Waals surface area contributed by atoms with Crippen molar-refractivity contribution in [3.05, 3.63) is 0 Å². The third-order valence-corrected chi connectivity index (χ3v) is 3.50. The van der Waals surface area contributed by atoms with Crippen LogP contribution in [0.3, 0.4) is 0 Å². The quantitative estimate of drug-likeness (QED) is 0.483. The molecule has 0 aliphatic heterocycles. The first-order valence-corrected chi connectivity index (χ1v) is 7.66. The molecule has 0 saturated carbocycles. The summed E-state index contributed by atoms with van der Waals surface area (Å²) < 4.78 is 0. The standard InChI is InChI=1S/C15H33NO/c1-3-5-6-7-8-9-10-12-16-14-15(4-2)11-13-17/h15-17H,3-14H2,1-2H3. The van der Waals surface area contributed by atoms with Crippen LogP contribution in [0.25, 0.3) is 0 Å². The molecule has 0 aromatic carbocycles. The molecule has 2 nitrogen and oxygen atoms in total. The fourth-order valence-corrected chi connectivity index (χ4v) is 2.15. The largest absolute Gasteiger partial charge is 0.396 e. The highest BCUT2D eigenvalue weighted by molar-refractivity contribution is 4.60. The molecule has 0 saturated heterocycles. The number of rotatable bonds is 13. The first-order chi connectivity index (χ1) is 8.35. The van der Waals surface area contributed by atoms with Crippen molar-refractivity contribution in [2.45, 2.75) is 71.6 Å². The van der Waals surface area contributed by atoms with E-state index in [0.717, 1.165) is 19.5 Å². The molecule has 0 aromatic heterocycles. The Bertz CT molecular complexity index is 139. The van der Waals surface area contributed by atoms with Crippen LogP contribution < -0.4 is 5.32 Å². The van der Waals surface area contributed by atoms with Gasteiger partial charge in [-0.05, 0) is 31.8 Å². The molecule has 104 valence electrons. The van der Waals surface area contributed by atoms with Gasteiger partial charge in [0.1, 0.15) is 0 Å². The van der Waals surface area contributed by atoms with Gasteiger partial charge >= 0.3 is 0 Å². The average molecular weight is 243 g/mol. The second kappa shape index (κ2) is 14.0. The van der Waals surface area contributed by atoms with Gasteiger partial charge in [0.25, 0.3) is 0 Å². The minimum atomic E-state index is 0.331. The normalized spacial score (nSPS) is 12.9. The Hall–Kier alpha value is -0.0800. The number of nitrogens with one attached hydrogen (secondary N) is 1. The molecule has 0 fully saturated rings. The molecular formula is C15H33NO. The zero-order valence-electron chi connectivity index (χ0n) is 12.0. The van der Waals surface area contributed by atoms with Crippen LogP contribution in [-0.4, -0.2) is 24.8 Å². The maximum Gasteiger partial charge on any atom is 0.0434 e.